The Morgan fingerprint density at radius 3 is 3.00 bits per heavy atom. The van der Waals surface area contributed by atoms with Crippen LogP contribution in [0.15, 0.2) is 35.3 Å². The number of hydrogen-bond donors (Lipinski definition) is 1. The van der Waals surface area contributed by atoms with E-state index in [4.69, 9.17) is 0 Å². The summed E-state index contributed by atoms with van der Waals surface area (Å²) < 4.78 is 0. The Morgan fingerprint density at radius 2 is 2.22 bits per heavy atom. The molecular formula is C20H25NOS. The Bertz CT molecular complexity index is 660. The van der Waals surface area contributed by atoms with Gasteiger partial charge in [0.15, 0.2) is 0 Å². The molecule has 0 aliphatic heterocycles. The maximum absolute atomic E-state index is 11.8. The molecule has 0 saturated carbocycles. The Morgan fingerprint density at radius 1 is 1.35 bits per heavy atom. The fourth-order valence-corrected chi connectivity index (χ4v) is 4.48. The van der Waals surface area contributed by atoms with Crippen molar-refractivity contribution in [1.29, 1.82) is 0 Å². The van der Waals surface area contributed by atoms with Crippen molar-refractivity contribution in [3.63, 3.8) is 0 Å². The molecular weight excluding hydrogens is 302 g/mol. The van der Waals surface area contributed by atoms with Crippen molar-refractivity contribution in [2.24, 2.45) is 0 Å². The van der Waals surface area contributed by atoms with E-state index in [1.807, 2.05) is 18.7 Å². The highest BCUT2D eigenvalue weighted by Crippen LogP contribution is 2.39. The number of hydrogen-bond acceptors (Lipinski definition) is 2. The van der Waals surface area contributed by atoms with Gasteiger partial charge in [0.25, 0.3) is 0 Å². The number of amides is 1. The van der Waals surface area contributed by atoms with E-state index in [1.165, 1.54) is 45.8 Å². The average Bonchev–Trinajstić information content (AvgIpc) is 2.57. The first-order valence-corrected chi connectivity index (χ1v) is 9.67. The average molecular weight is 327 g/mol. The van der Waals surface area contributed by atoms with Crippen molar-refractivity contribution in [2.45, 2.75) is 56.9 Å². The van der Waals surface area contributed by atoms with Crippen LogP contribution in [0.1, 0.15) is 49.8 Å². The molecule has 0 spiro atoms. The zero-order valence-corrected chi connectivity index (χ0v) is 14.8. The van der Waals surface area contributed by atoms with E-state index in [0.29, 0.717) is 6.42 Å². The lowest BCUT2D eigenvalue weighted by Crippen LogP contribution is -2.36. The van der Waals surface area contributed by atoms with Gasteiger partial charge in [-0.2, -0.15) is 0 Å². The number of carbonyl (C=O) groups excluding carboxylic acids is 1. The van der Waals surface area contributed by atoms with E-state index in [-0.39, 0.29) is 11.9 Å². The van der Waals surface area contributed by atoms with Crippen LogP contribution in [0.25, 0.3) is 5.57 Å². The van der Waals surface area contributed by atoms with Crippen molar-refractivity contribution in [3.8, 4) is 0 Å². The number of nitrogens with one attached hydrogen (secondary N) is 1. The van der Waals surface area contributed by atoms with Crippen LogP contribution in [-0.2, 0) is 17.6 Å². The number of carbonyl (C=O) groups is 1. The summed E-state index contributed by atoms with van der Waals surface area (Å²) in [7, 11) is 0. The molecule has 122 valence electrons. The summed E-state index contributed by atoms with van der Waals surface area (Å²) in [5.74, 6) is 1.30. The predicted octanol–water partition coefficient (Wildman–Crippen LogP) is 4.53. The third-order valence-corrected chi connectivity index (χ3v) is 5.69. The Kier molecular flexibility index (Phi) is 5.27. The van der Waals surface area contributed by atoms with Crippen LogP contribution in [0.2, 0.25) is 0 Å². The molecule has 2 aliphatic carbocycles. The molecule has 2 nitrogen and oxygen atoms in total. The van der Waals surface area contributed by atoms with Gasteiger partial charge in [-0.05, 0) is 53.3 Å². The Balaban J connectivity index is 1.92. The lowest BCUT2D eigenvalue weighted by molar-refractivity contribution is -0.121. The van der Waals surface area contributed by atoms with Gasteiger partial charge in [-0.3, -0.25) is 4.79 Å². The second-order valence-electron chi connectivity index (χ2n) is 6.24. The first-order valence-electron chi connectivity index (χ1n) is 8.68. The van der Waals surface area contributed by atoms with Gasteiger partial charge in [0.2, 0.25) is 5.91 Å². The molecule has 0 bridgehead atoms. The molecule has 1 unspecified atom stereocenters. The molecule has 0 heterocycles. The quantitative estimate of drug-likeness (QED) is 0.614. The summed E-state index contributed by atoms with van der Waals surface area (Å²) in [5, 5.41) is 3.15. The molecule has 23 heavy (non-hydrogen) atoms. The summed E-state index contributed by atoms with van der Waals surface area (Å²) in [4.78, 5) is 13.2. The van der Waals surface area contributed by atoms with E-state index in [0.717, 1.165) is 12.8 Å². The van der Waals surface area contributed by atoms with E-state index in [9.17, 15) is 4.79 Å². The predicted molar refractivity (Wildman–Crippen MR) is 98.8 cm³/mol. The van der Waals surface area contributed by atoms with Crippen LogP contribution in [0.3, 0.4) is 0 Å². The Labute approximate surface area is 143 Å². The number of thioether (sulfide) groups is 1. The zero-order chi connectivity index (χ0) is 16.2. The van der Waals surface area contributed by atoms with Gasteiger partial charge < -0.3 is 5.32 Å². The minimum Gasteiger partial charge on any atom is -0.350 e. The second-order valence-corrected chi connectivity index (χ2v) is 7.38. The topological polar surface area (TPSA) is 29.1 Å². The fraction of sp³-hybridized carbons (Fsp3) is 0.450. The summed E-state index contributed by atoms with van der Waals surface area (Å²) in [6.07, 6.45) is 11.6. The molecule has 1 aromatic rings. The second kappa shape index (κ2) is 7.39. The van der Waals surface area contributed by atoms with Crippen LogP contribution < -0.4 is 5.32 Å². The van der Waals surface area contributed by atoms with Gasteiger partial charge in [-0.15, -0.1) is 11.8 Å². The van der Waals surface area contributed by atoms with Gasteiger partial charge in [0, 0.05) is 11.3 Å². The normalized spacial score (nSPS) is 18.3. The fourth-order valence-electron chi connectivity index (χ4n) is 3.30. The highest BCUT2D eigenvalue weighted by Gasteiger charge is 2.25. The van der Waals surface area contributed by atoms with Crippen LogP contribution in [0, 0.1) is 0 Å². The third kappa shape index (κ3) is 3.55. The van der Waals surface area contributed by atoms with Crippen LogP contribution >= 0.6 is 11.8 Å². The molecule has 2 aliphatic rings. The van der Waals surface area contributed by atoms with Gasteiger partial charge in [0.05, 0.1) is 6.04 Å². The number of rotatable bonds is 6. The van der Waals surface area contributed by atoms with Crippen LogP contribution in [-0.4, -0.2) is 17.7 Å². The number of unbranched alkanes of at least 4 members (excludes halogenated alkanes) is 1. The van der Waals surface area contributed by atoms with E-state index in [1.54, 1.807) is 0 Å². The first-order chi connectivity index (χ1) is 11.2. The van der Waals surface area contributed by atoms with Crippen LogP contribution in [0.5, 0.6) is 0 Å². The van der Waals surface area contributed by atoms with Gasteiger partial charge in [-0.1, -0.05) is 44.6 Å². The summed E-state index contributed by atoms with van der Waals surface area (Å²) in [6.45, 7) is 4.14. The number of allylic oxidation sites excluding steroid dienone is 3. The molecule has 1 amide bonds. The van der Waals surface area contributed by atoms with E-state index >= 15 is 0 Å². The molecule has 0 radical (unpaired) electrons. The minimum absolute atomic E-state index is 0.119. The first kappa shape index (κ1) is 16.4. The molecule has 3 heteroatoms. The molecule has 0 fully saturated rings. The number of benzene rings is 1. The lowest BCUT2D eigenvalue weighted by Gasteiger charge is -2.29. The molecule has 0 aromatic heterocycles. The zero-order valence-electron chi connectivity index (χ0n) is 14.0. The monoisotopic (exact) mass is 327 g/mol. The highest BCUT2D eigenvalue weighted by molar-refractivity contribution is 7.99. The molecule has 1 N–H and O–H groups in total. The van der Waals surface area contributed by atoms with Crippen molar-refractivity contribution >= 4 is 23.2 Å². The molecule has 3 rings (SSSR count). The lowest BCUT2D eigenvalue weighted by atomic mass is 9.81. The Hall–Kier alpha value is -1.48. The van der Waals surface area contributed by atoms with Crippen molar-refractivity contribution in [1.82, 2.24) is 5.32 Å². The van der Waals surface area contributed by atoms with Gasteiger partial charge in [0.1, 0.15) is 0 Å². The van der Waals surface area contributed by atoms with Crippen molar-refractivity contribution < 1.29 is 4.79 Å². The SMILES string of the molecule is CCCCSc1ccc2c3c1CC(NC(=O)CC)C=C3C=CC2. The molecule has 0 saturated heterocycles. The van der Waals surface area contributed by atoms with Crippen molar-refractivity contribution in [3.05, 3.63) is 47.1 Å². The minimum atomic E-state index is 0.119. The highest BCUT2D eigenvalue weighted by atomic mass is 32.2. The third-order valence-electron chi connectivity index (χ3n) is 4.51. The molecule has 1 aromatic carbocycles. The summed E-state index contributed by atoms with van der Waals surface area (Å²) in [5.41, 5.74) is 5.57. The standard InChI is InChI=1S/C20H25NOS/c1-3-5-11-23-18-10-9-14-7-6-8-15-12-16(21-19(22)4-2)13-17(18)20(14)15/h6,8-10,12,16H,3-5,7,11,13H2,1-2H3,(H,21,22). The smallest absolute Gasteiger partial charge is 0.220 e. The molecule has 1 atom stereocenters. The van der Waals surface area contributed by atoms with E-state index in [2.05, 4.69) is 42.6 Å². The van der Waals surface area contributed by atoms with Crippen LogP contribution in [0.4, 0.5) is 0 Å². The largest absolute Gasteiger partial charge is 0.350 e. The maximum atomic E-state index is 11.8. The van der Waals surface area contributed by atoms with E-state index < -0.39 is 0 Å². The summed E-state index contributed by atoms with van der Waals surface area (Å²) in [6, 6.07) is 4.69. The van der Waals surface area contributed by atoms with Gasteiger partial charge >= 0.3 is 0 Å². The summed E-state index contributed by atoms with van der Waals surface area (Å²) >= 11 is 1.97. The maximum Gasteiger partial charge on any atom is 0.220 e. The van der Waals surface area contributed by atoms with Gasteiger partial charge in [-0.25, -0.2) is 0 Å². The van der Waals surface area contributed by atoms with Crippen molar-refractivity contribution in [2.75, 3.05) is 5.75 Å².